The predicted octanol–water partition coefficient (Wildman–Crippen LogP) is 7.50. The molecular weight excluding hydrogens is 639 g/mol. The van der Waals surface area contributed by atoms with Gasteiger partial charge in [0.25, 0.3) is 11.9 Å². The molecule has 2 aromatic heterocycles. The highest BCUT2D eigenvalue weighted by atomic mass is 19.4. The summed E-state index contributed by atoms with van der Waals surface area (Å²) in [6.45, 7) is 4.28. The fourth-order valence-electron chi connectivity index (χ4n) is 6.68. The SMILES string of the molecule is CCC(Oc1ccccc1C(=O)O)C1CCN(c2ccc(NC(=O)c3oc(N4CCC(c5ccccc5)CC4)nc3C(F)(F)F)cn2)CC1. The van der Waals surface area contributed by atoms with Crippen molar-refractivity contribution in [1.29, 1.82) is 0 Å². The lowest BCUT2D eigenvalue weighted by molar-refractivity contribution is -0.141. The number of aromatic nitrogens is 2. The number of benzene rings is 2. The quantitative estimate of drug-likeness (QED) is 0.176. The molecule has 0 bridgehead atoms. The lowest BCUT2D eigenvalue weighted by Gasteiger charge is -2.36. The minimum Gasteiger partial charge on any atom is -0.489 e. The first-order chi connectivity index (χ1) is 23.6. The van der Waals surface area contributed by atoms with Crippen LogP contribution in [0.25, 0.3) is 0 Å². The molecule has 2 N–H and O–H groups in total. The average molecular weight is 678 g/mol. The second kappa shape index (κ2) is 14.6. The number of nitrogens with one attached hydrogen (secondary N) is 1. The third-order valence-corrected chi connectivity index (χ3v) is 9.32. The lowest BCUT2D eigenvalue weighted by atomic mass is 9.89. The highest BCUT2D eigenvalue weighted by Crippen LogP contribution is 2.37. The van der Waals surface area contributed by atoms with E-state index in [1.54, 1.807) is 35.2 Å². The van der Waals surface area contributed by atoms with Crippen molar-refractivity contribution < 1.29 is 37.0 Å². The molecule has 4 heterocycles. The Morgan fingerprint density at radius 3 is 2.27 bits per heavy atom. The summed E-state index contributed by atoms with van der Waals surface area (Å²) in [7, 11) is 0. The molecule has 2 aliphatic rings. The summed E-state index contributed by atoms with van der Waals surface area (Å²) in [6, 6.07) is 19.7. The van der Waals surface area contributed by atoms with Gasteiger partial charge in [-0.3, -0.25) is 4.79 Å². The van der Waals surface area contributed by atoms with Crippen LogP contribution in [-0.4, -0.2) is 59.2 Å². The number of pyridine rings is 1. The van der Waals surface area contributed by atoms with Crippen LogP contribution in [0.15, 0.2) is 77.3 Å². The Morgan fingerprint density at radius 1 is 0.959 bits per heavy atom. The number of nitrogens with zero attached hydrogens (tertiary/aromatic N) is 4. The van der Waals surface area contributed by atoms with E-state index in [0.29, 0.717) is 37.7 Å². The largest absolute Gasteiger partial charge is 0.489 e. The molecule has 258 valence electrons. The van der Waals surface area contributed by atoms with Gasteiger partial charge in [-0.1, -0.05) is 49.4 Å². The fourth-order valence-corrected chi connectivity index (χ4v) is 6.68. The van der Waals surface area contributed by atoms with Crippen LogP contribution in [0.5, 0.6) is 5.75 Å². The monoisotopic (exact) mass is 677 g/mol. The number of para-hydroxylation sites is 1. The topological polar surface area (TPSA) is 121 Å². The summed E-state index contributed by atoms with van der Waals surface area (Å²) in [5.41, 5.74) is 0.173. The zero-order valence-electron chi connectivity index (χ0n) is 27.0. The number of alkyl halides is 3. The van der Waals surface area contributed by atoms with Gasteiger partial charge in [0.1, 0.15) is 23.2 Å². The Hall–Kier alpha value is -5.07. The summed E-state index contributed by atoms with van der Waals surface area (Å²) >= 11 is 0. The van der Waals surface area contributed by atoms with Crippen molar-refractivity contribution in [3.8, 4) is 5.75 Å². The zero-order chi connectivity index (χ0) is 34.5. The van der Waals surface area contributed by atoms with Crippen LogP contribution in [0.4, 0.5) is 30.7 Å². The number of carbonyl (C=O) groups excluding carboxylic acids is 1. The average Bonchev–Trinajstić information content (AvgIpc) is 3.59. The van der Waals surface area contributed by atoms with Crippen molar-refractivity contribution in [3.63, 3.8) is 0 Å². The number of carboxylic acid groups (broad SMARTS) is 1. The molecule has 10 nitrogen and oxygen atoms in total. The number of oxazole rings is 1. The number of piperidine rings is 2. The maximum atomic E-state index is 14.0. The van der Waals surface area contributed by atoms with E-state index in [2.05, 4.69) is 20.2 Å². The predicted molar refractivity (Wildman–Crippen MR) is 177 cm³/mol. The molecule has 2 fully saturated rings. The first-order valence-corrected chi connectivity index (χ1v) is 16.5. The number of hydrogen-bond donors (Lipinski definition) is 2. The van der Waals surface area contributed by atoms with E-state index in [0.717, 1.165) is 32.1 Å². The molecule has 6 rings (SSSR count). The van der Waals surface area contributed by atoms with Gasteiger partial charge < -0.3 is 29.4 Å². The number of amides is 1. The maximum absolute atomic E-state index is 14.0. The number of aromatic carboxylic acids is 1. The van der Waals surface area contributed by atoms with E-state index in [4.69, 9.17) is 9.15 Å². The molecule has 0 spiro atoms. The van der Waals surface area contributed by atoms with E-state index in [9.17, 15) is 27.9 Å². The molecule has 0 saturated carbocycles. The van der Waals surface area contributed by atoms with Crippen molar-refractivity contribution in [2.75, 3.05) is 41.3 Å². The number of hydrogen-bond acceptors (Lipinski definition) is 8. The van der Waals surface area contributed by atoms with Gasteiger partial charge in [-0.15, -0.1) is 0 Å². The van der Waals surface area contributed by atoms with Crippen LogP contribution in [0, 0.1) is 5.92 Å². The number of halogens is 3. The van der Waals surface area contributed by atoms with Crippen LogP contribution >= 0.6 is 0 Å². The summed E-state index contributed by atoms with van der Waals surface area (Å²) in [5, 5.41) is 12.0. The van der Waals surface area contributed by atoms with Gasteiger partial charge in [0.2, 0.25) is 5.76 Å². The lowest BCUT2D eigenvalue weighted by Crippen LogP contribution is -2.40. The molecule has 1 unspecified atom stereocenters. The molecular formula is C36H38F3N5O5. The smallest absolute Gasteiger partial charge is 0.437 e. The number of rotatable bonds is 10. The molecule has 2 aromatic carbocycles. The van der Waals surface area contributed by atoms with Crippen molar-refractivity contribution in [3.05, 3.63) is 95.5 Å². The minimum absolute atomic E-state index is 0.132. The van der Waals surface area contributed by atoms with Gasteiger partial charge in [0.15, 0.2) is 5.69 Å². The second-order valence-electron chi connectivity index (χ2n) is 12.4. The van der Waals surface area contributed by atoms with Crippen LogP contribution in [0.2, 0.25) is 0 Å². The number of anilines is 3. The van der Waals surface area contributed by atoms with Crippen molar-refractivity contribution >= 4 is 29.4 Å². The molecule has 0 aliphatic carbocycles. The molecule has 2 saturated heterocycles. The van der Waals surface area contributed by atoms with Gasteiger partial charge in [-0.2, -0.15) is 18.2 Å². The van der Waals surface area contributed by atoms with Gasteiger partial charge in [-0.05, 0) is 73.8 Å². The highest BCUT2D eigenvalue weighted by Gasteiger charge is 2.42. The molecule has 13 heteroatoms. The van der Waals surface area contributed by atoms with Crippen molar-refractivity contribution in [2.45, 2.75) is 57.2 Å². The third-order valence-electron chi connectivity index (χ3n) is 9.32. The molecule has 0 radical (unpaired) electrons. The summed E-state index contributed by atoms with van der Waals surface area (Å²) in [4.78, 5) is 36.6. The van der Waals surface area contributed by atoms with E-state index < -0.39 is 29.5 Å². The Balaban J connectivity index is 1.06. The van der Waals surface area contributed by atoms with Crippen molar-refractivity contribution in [1.82, 2.24) is 9.97 Å². The summed E-state index contributed by atoms with van der Waals surface area (Å²) in [5.74, 6) is -1.46. The van der Waals surface area contributed by atoms with E-state index in [-0.39, 0.29) is 35.2 Å². The molecule has 4 aromatic rings. The Labute approximate surface area is 281 Å². The number of ether oxygens (including phenoxy) is 1. The van der Waals surface area contributed by atoms with Crippen LogP contribution in [0.1, 0.15) is 77.1 Å². The summed E-state index contributed by atoms with van der Waals surface area (Å²) < 4.78 is 53.5. The second-order valence-corrected chi connectivity index (χ2v) is 12.4. The number of carboxylic acids is 1. The first-order valence-electron chi connectivity index (χ1n) is 16.5. The van der Waals surface area contributed by atoms with E-state index in [1.165, 1.54) is 17.8 Å². The van der Waals surface area contributed by atoms with Crippen LogP contribution in [0.3, 0.4) is 0 Å². The van der Waals surface area contributed by atoms with Gasteiger partial charge in [0, 0.05) is 26.2 Å². The first kappa shape index (κ1) is 33.8. The van der Waals surface area contributed by atoms with Gasteiger partial charge >= 0.3 is 12.1 Å². The zero-order valence-corrected chi connectivity index (χ0v) is 27.0. The van der Waals surface area contributed by atoms with E-state index >= 15 is 0 Å². The fraction of sp³-hybridized carbons (Fsp3) is 0.389. The highest BCUT2D eigenvalue weighted by molar-refractivity contribution is 6.03. The van der Waals surface area contributed by atoms with Gasteiger partial charge in [0.05, 0.1) is 11.9 Å². The normalized spacial score (nSPS) is 16.7. The molecule has 1 amide bonds. The Morgan fingerprint density at radius 2 is 1.63 bits per heavy atom. The molecule has 49 heavy (non-hydrogen) atoms. The Kier molecular flexibility index (Phi) is 10.1. The summed E-state index contributed by atoms with van der Waals surface area (Å²) in [6.07, 6.45) is 0.134. The molecule has 1 atom stereocenters. The third kappa shape index (κ3) is 7.82. The Bertz CT molecular complexity index is 1730. The molecule has 2 aliphatic heterocycles. The minimum atomic E-state index is -4.88. The van der Waals surface area contributed by atoms with Crippen LogP contribution < -0.4 is 19.9 Å². The van der Waals surface area contributed by atoms with Crippen LogP contribution in [-0.2, 0) is 6.18 Å². The van der Waals surface area contributed by atoms with Gasteiger partial charge in [-0.25, -0.2) is 9.78 Å². The standard InChI is InChI=1S/C36H38F3N5O5/c1-2-28(48-29-11-7-6-10-27(29)34(46)47)25-16-18-43(19-17-25)30-13-12-26(22-40-30)41-33(45)31-32(36(37,38)39)42-35(49-31)44-20-14-24(15-21-44)23-8-4-3-5-9-23/h3-13,22,24-25,28H,2,14-21H2,1H3,(H,41,45)(H,46,47). The van der Waals surface area contributed by atoms with E-state index in [1.807, 2.05) is 37.3 Å². The maximum Gasteiger partial charge on any atom is 0.437 e. The number of carbonyl (C=O) groups is 2. The van der Waals surface area contributed by atoms with Crippen molar-refractivity contribution in [2.24, 2.45) is 5.92 Å².